The lowest BCUT2D eigenvalue weighted by molar-refractivity contribution is 0.266. The first-order valence-electron chi connectivity index (χ1n) is 14.4. The Hall–Kier alpha value is -5.11. The van der Waals surface area contributed by atoms with E-state index in [2.05, 4.69) is 18.9 Å². The van der Waals surface area contributed by atoms with Crippen LogP contribution in [0, 0.1) is 13.8 Å². The average Bonchev–Trinajstić information content (AvgIpc) is 3.03. The fourth-order valence-corrected chi connectivity index (χ4v) is 5.05. The average molecular weight is 592 g/mol. The molecule has 5 aromatic rings. The van der Waals surface area contributed by atoms with E-state index in [4.69, 9.17) is 23.9 Å². The minimum Gasteiger partial charge on any atom is -0.496 e. The lowest BCUT2D eigenvalue weighted by Crippen LogP contribution is -2.20. The quantitative estimate of drug-likeness (QED) is 0.159. The molecule has 0 aliphatic heterocycles. The molecule has 0 fully saturated rings. The molecule has 1 heterocycles. The second-order valence-electron chi connectivity index (χ2n) is 10.9. The normalized spacial score (nSPS) is 11.4. The van der Waals surface area contributed by atoms with Gasteiger partial charge < -0.3 is 18.9 Å². The highest BCUT2D eigenvalue weighted by Crippen LogP contribution is 2.39. The number of nitrogens with zero attached hydrogens (tertiary/aromatic N) is 3. The molecular weight excluding hydrogens is 554 g/mol. The second kappa shape index (κ2) is 13.0. The van der Waals surface area contributed by atoms with Crippen molar-refractivity contribution in [2.75, 3.05) is 21.3 Å². The zero-order valence-electron chi connectivity index (χ0n) is 26.2. The summed E-state index contributed by atoms with van der Waals surface area (Å²) in [5.74, 6) is 2.87. The van der Waals surface area contributed by atoms with Crippen LogP contribution >= 0.6 is 0 Å². The molecule has 0 atom stereocenters. The fraction of sp³-hybridized carbons (Fsp3) is 0.250. The molecule has 0 unspecified atom stereocenters. The van der Waals surface area contributed by atoms with Gasteiger partial charge in [0.25, 0.3) is 5.56 Å². The molecule has 0 aliphatic rings. The number of hydrogen-bond acceptors (Lipinski definition) is 7. The molecule has 0 bridgehead atoms. The standard InChI is InChI=1S/C36H37N3O5/c1-22(2)28-19-29(24(4)16-31(28)41-5)35-38-30-11-9-8-10-27(30)36(40)39(35)37-20-26-17-32(42-6)34(33(18-26)43-7)44-21-25-14-12-23(3)13-15-25/h8-20,22H,21H2,1-7H3. The summed E-state index contributed by atoms with van der Waals surface area (Å²) >= 11 is 0. The molecule has 0 aliphatic carbocycles. The van der Waals surface area contributed by atoms with Gasteiger partial charge in [0.15, 0.2) is 17.3 Å². The molecule has 1 aromatic heterocycles. The Morgan fingerprint density at radius 3 is 2.16 bits per heavy atom. The molecular formula is C36H37N3O5. The lowest BCUT2D eigenvalue weighted by atomic mass is 9.96. The van der Waals surface area contributed by atoms with Gasteiger partial charge in [0.05, 0.1) is 38.4 Å². The van der Waals surface area contributed by atoms with E-state index in [1.54, 1.807) is 45.7 Å². The van der Waals surface area contributed by atoms with E-state index in [1.807, 2.05) is 68.4 Å². The van der Waals surface area contributed by atoms with Crippen LogP contribution in [0.15, 0.2) is 82.7 Å². The van der Waals surface area contributed by atoms with Crippen molar-refractivity contribution < 1.29 is 18.9 Å². The van der Waals surface area contributed by atoms with Gasteiger partial charge in [-0.1, -0.05) is 55.8 Å². The third-order valence-corrected chi connectivity index (χ3v) is 7.50. The van der Waals surface area contributed by atoms with Crippen LogP contribution in [-0.2, 0) is 6.61 Å². The maximum absolute atomic E-state index is 13.9. The molecule has 226 valence electrons. The molecule has 0 N–H and O–H groups in total. The van der Waals surface area contributed by atoms with Crippen LogP contribution in [0.3, 0.4) is 0 Å². The minimum atomic E-state index is -0.278. The maximum Gasteiger partial charge on any atom is 0.282 e. The summed E-state index contributed by atoms with van der Waals surface area (Å²) in [6.07, 6.45) is 1.60. The van der Waals surface area contributed by atoms with Crippen LogP contribution in [0.5, 0.6) is 23.0 Å². The van der Waals surface area contributed by atoms with Crippen molar-refractivity contribution in [1.29, 1.82) is 0 Å². The van der Waals surface area contributed by atoms with E-state index in [0.717, 1.165) is 28.0 Å². The Morgan fingerprint density at radius 2 is 1.52 bits per heavy atom. The lowest BCUT2D eigenvalue weighted by Gasteiger charge is -2.17. The van der Waals surface area contributed by atoms with Gasteiger partial charge in [-0.25, -0.2) is 4.98 Å². The van der Waals surface area contributed by atoms with Gasteiger partial charge in [-0.05, 0) is 72.9 Å². The van der Waals surface area contributed by atoms with Crippen LogP contribution in [-0.4, -0.2) is 37.2 Å². The number of methoxy groups -OCH3 is 3. The molecule has 8 heteroatoms. The minimum absolute atomic E-state index is 0.195. The van der Waals surface area contributed by atoms with Gasteiger partial charge in [-0.15, -0.1) is 0 Å². The molecule has 44 heavy (non-hydrogen) atoms. The van der Waals surface area contributed by atoms with Crippen LogP contribution in [0.4, 0.5) is 0 Å². The molecule has 0 saturated carbocycles. The Labute approximate surface area is 257 Å². The first-order valence-corrected chi connectivity index (χ1v) is 14.4. The van der Waals surface area contributed by atoms with Crippen molar-refractivity contribution in [3.63, 3.8) is 0 Å². The number of aromatic nitrogens is 2. The number of hydrogen-bond donors (Lipinski definition) is 0. The molecule has 0 radical (unpaired) electrons. The molecule has 8 nitrogen and oxygen atoms in total. The number of rotatable bonds is 10. The van der Waals surface area contributed by atoms with E-state index >= 15 is 0 Å². The molecule has 0 saturated heterocycles. The predicted octanol–water partition coefficient (Wildman–Crippen LogP) is 7.29. The van der Waals surface area contributed by atoms with Crippen LogP contribution < -0.4 is 24.5 Å². The van der Waals surface area contributed by atoms with Crippen molar-refractivity contribution in [3.8, 4) is 34.4 Å². The first kappa shape index (κ1) is 30.4. The SMILES string of the molecule is COc1cc(C)c(-c2nc3ccccc3c(=O)n2N=Cc2cc(OC)c(OCc3ccc(C)cc3)c(OC)c2)cc1C(C)C. The van der Waals surface area contributed by atoms with Crippen LogP contribution in [0.25, 0.3) is 22.3 Å². The predicted molar refractivity (Wildman–Crippen MR) is 175 cm³/mol. The largest absolute Gasteiger partial charge is 0.496 e. The Kier molecular flexibility index (Phi) is 8.99. The number of benzene rings is 4. The number of para-hydroxylation sites is 1. The summed E-state index contributed by atoms with van der Waals surface area (Å²) in [7, 11) is 4.81. The first-order chi connectivity index (χ1) is 21.2. The summed E-state index contributed by atoms with van der Waals surface area (Å²) in [6.45, 7) is 8.57. The van der Waals surface area contributed by atoms with Crippen molar-refractivity contribution in [2.24, 2.45) is 5.10 Å². The Morgan fingerprint density at radius 1 is 0.864 bits per heavy atom. The summed E-state index contributed by atoms with van der Waals surface area (Å²) in [6, 6.07) is 23.0. The molecule has 5 rings (SSSR count). The summed E-state index contributed by atoms with van der Waals surface area (Å²) in [4.78, 5) is 18.8. The monoisotopic (exact) mass is 591 g/mol. The van der Waals surface area contributed by atoms with Gasteiger partial charge >= 0.3 is 0 Å². The van der Waals surface area contributed by atoms with E-state index in [-0.39, 0.29) is 11.5 Å². The number of fused-ring (bicyclic) bond motifs is 1. The molecule has 4 aromatic carbocycles. The second-order valence-corrected chi connectivity index (χ2v) is 10.9. The summed E-state index contributed by atoms with van der Waals surface area (Å²) < 4.78 is 24.5. The zero-order chi connectivity index (χ0) is 31.4. The Balaban J connectivity index is 1.60. The highest BCUT2D eigenvalue weighted by Gasteiger charge is 2.19. The van der Waals surface area contributed by atoms with Crippen molar-refractivity contribution in [1.82, 2.24) is 9.66 Å². The van der Waals surface area contributed by atoms with Gasteiger partial charge in [0, 0.05) is 11.1 Å². The van der Waals surface area contributed by atoms with Gasteiger partial charge in [-0.2, -0.15) is 9.78 Å². The van der Waals surface area contributed by atoms with E-state index in [0.29, 0.717) is 46.1 Å². The third kappa shape index (κ3) is 6.15. The van der Waals surface area contributed by atoms with Gasteiger partial charge in [0.1, 0.15) is 12.4 Å². The number of ether oxygens (including phenoxy) is 4. The van der Waals surface area contributed by atoms with Crippen molar-refractivity contribution >= 4 is 17.1 Å². The van der Waals surface area contributed by atoms with E-state index in [1.165, 1.54) is 10.2 Å². The maximum atomic E-state index is 13.9. The van der Waals surface area contributed by atoms with Gasteiger partial charge in [0.2, 0.25) is 5.75 Å². The van der Waals surface area contributed by atoms with E-state index in [9.17, 15) is 4.79 Å². The topological polar surface area (TPSA) is 84.2 Å². The molecule has 0 amide bonds. The van der Waals surface area contributed by atoms with Crippen LogP contribution in [0.1, 0.15) is 47.6 Å². The highest BCUT2D eigenvalue weighted by atomic mass is 16.5. The summed E-state index contributed by atoms with van der Waals surface area (Å²) in [5, 5.41) is 5.15. The fourth-order valence-electron chi connectivity index (χ4n) is 5.05. The zero-order valence-corrected chi connectivity index (χ0v) is 26.2. The van der Waals surface area contributed by atoms with Crippen molar-refractivity contribution in [3.05, 3.63) is 111 Å². The highest BCUT2D eigenvalue weighted by molar-refractivity contribution is 5.84. The van der Waals surface area contributed by atoms with E-state index < -0.39 is 0 Å². The van der Waals surface area contributed by atoms with Gasteiger partial charge in [-0.3, -0.25) is 4.79 Å². The Bertz CT molecular complexity index is 1870. The smallest absolute Gasteiger partial charge is 0.282 e. The molecule has 0 spiro atoms. The van der Waals surface area contributed by atoms with Crippen LogP contribution in [0.2, 0.25) is 0 Å². The third-order valence-electron chi connectivity index (χ3n) is 7.50. The number of aryl methyl sites for hydroxylation is 2. The van der Waals surface area contributed by atoms with Crippen molar-refractivity contribution in [2.45, 2.75) is 40.2 Å². The summed E-state index contributed by atoms with van der Waals surface area (Å²) in [5.41, 5.74) is 5.90.